The van der Waals surface area contributed by atoms with Crippen LogP contribution < -0.4 is 5.32 Å². The standard InChI is InChI=1S/C14H27N3/c1-3-4-5-6-7-8-9-16-14(2)12-17-11-10-15-13-17/h10-11,13-14,16H,3-9,12H2,1-2H3. The molecule has 3 heteroatoms. The molecule has 0 bridgehead atoms. The van der Waals surface area contributed by atoms with Crippen molar-refractivity contribution in [1.82, 2.24) is 14.9 Å². The Morgan fingerprint density at radius 1 is 1.18 bits per heavy atom. The number of hydrogen-bond acceptors (Lipinski definition) is 2. The Bertz CT molecular complexity index is 256. The Kier molecular flexibility index (Phi) is 7.72. The summed E-state index contributed by atoms with van der Waals surface area (Å²) >= 11 is 0. The first-order valence-corrected chi connectivity index (χ1v) is 7.02. The van der Waals surface area contributed by atoms with Gasteiger partial charge in [0, 0.05) is 25.0 Å². The fraction of sp³-hybridized carbons (Fsp3) is 0.786. The van der Waals surface area contributed by atoms with Crippen LogP contribution in [0.3, 0.4) is 0 Å². The average molecular weight is 237 g/mol. The van der Waals surface area contributed by atoms with Crippen LogP contribution in [-0.2, 0) is 6.54 Å². The molecule has 0 saturated carbocycles. The maximum atomic E-state index is 4.05. The van der Waals surface area contributed by atoms with E-state index in [1.165, 1.54) is 38.5 Å². The second kappa shape index (κ2) is 9.23. The molecule has 0 aliphatic heterocycles. The van der Waals surface area contributed by atoms with Gasteiger partial charge in [-0.05, 0) is 19.9 Å². The Labute approximate surface area is 106 Å². The quantitative estimate of drug-likeness (QED) is 0.633. The van der Waals surface area contributed by atoms with Crippen LogP contribution in [0.5, 0.6) is 0 Å². The fourth-order valence-electron chi connectivity index (χ4n) is 2.03. The van der Waals surface area contributed by atoms with Crippen LogP contribution in [0.1, 0.15) is 52.4 Å². The van der Waals surface area contributed by atoms with Gasteiger partial charge in [-0.15, -0.1) is 0 Å². The van der Waals surface area contributed by atoms with E-state index in [4.69, 9.17) is 0 Å². The van der Waals surface area contributed by atoms with Crippen molar-refractivity contribution >= 4 is 0 Å². The molecule has 0 aromatic carbocycles. The van der Waals surface area contributed by atoms with Crippen LogP contribution in [0.4, 0.5) is 0 Å². The Morgan fingerprint density at radius 2 is 1.94 bits per heavy atom. The van der Waals surface area contributed by atoms with Crippen LogP contribution in [0.2, 0.25) is 0 Å². The molecule has 1 aromatic heterocycles. The largest absolute Gasteiger partial charge is 0.336 e. The molecular weight excluding hydrogens is 210 g/mol. The van der Waals surface area contributed by atoms with Crippen LogP contribution in [0.25, 0.3) is 0 Å². The zero-order chi connectivity index (χ0) is 12.3. The van der Waals surface area contributed by atoms with Crippen molar-refractivity contribution in [3.63, 3.8) is 0 Å². The highest BCUT2D eigenvalue weighted by molar-refractivity contribution is 4.76. The Hall–Kier alpha value is -0.830. The van der Waals surface area contributed by atoms with Gasteiger partial charge in [0.25, 0.3) is 0 Å². The minimum absolute atomic E-state index is 0.528. The van der Waals surface area contributed by atoms with Gasteiger partial charge in [0.15, 0.2) is 0 Å². The monoisotopic (exact) mass is 237 g/mol. The van der Waals surface area contributed by atoms with E-state index in [1.54, 1.807) is 0 Å². The average Bonchev–Trinajstić information content (AvgIpc) is 2.80. The molecule has 17 heavy (non-hydrogen) atoms. The van der Waals surface area contributed by atoms with Crippen molar-refractivity contribution in [3.05, 3.63) is 18.7 Å². The second-order valence-corrected chi connectivity index (χ2v) is 4.88. The van der Waals surface area contributed by atoms with Gasteiger partial charge >= 0.3 is 0 Å². The molecule has 0 saturated heterocycles. The molecule has 3 nitrogen and oxygen atoms in total. The minimum Gasteiger partial charge on any atom is -0.336 e. The molecule has 1 N–H and O–H groups in total. The normalized spacial score (nSPS) is 12.8. The van der Waals surface area contributed by atoms with Gasteiger partial charge in [-0.25, -0.2) is 4.98 Å². The highest BCUT2D eigenvalue weighted by Crippen LogP contribution is 2.04. The number of nitrogens with zero attached hydrogens (tertiary/aromatic N) is 2. The lowest BCUT2D eigenvalue weighted by Crippen LogP contribution is -2.30. The van der Waals surface area contributed by atoms with Crippen molar-refractivity contribution in [2.45, 2.75) is 65.0 Å². The highest BCUT2D eigenvalue weighted by atomic mass is 15.1. The smallest absolute Gasteiger partial charge is 0.0946 e. The molecule has 98 valence electrons. The molecule has 0 aliphatic carbocycles. The van der Waals surface area contributed by atoms with E-state index in [0.29, 0.717) is 6.04 Å². The summed E-state index contributed by atoms with van der Waals surface area (Å²) in [4.78, 5) is 4.05. The van der Waals surface area contributed by atoms with Gasteiger partial charge < -0.3 is 9.88 Å². The van der Waals surface area contributed by atoms with Crippen molar-refractivity contribution in [1.29, 1.82) is 0 Å². The molecule has 1 atom stereocenters. The molecule has 0 spiro atoms. The van der Waals surface area contributed by atoms with Gasteiger partial charge in [-0.3, -0.25) is 0 Å². The molecule has 0 aliphatic rings. The highest BCUT2D eigenvalue weighted by Gasteiger charge is 2.01. The fourth-order valence-corrected chi connectivity index (χ4v) is 2.03. The van der Waals surface area contributed by atoms with Crippen LogP contribution >= 0.6 is 0 Å². The topological polar surface area (TPSA) is 29.9 Å². The molecule has 1 unspecified atom stereocenters. The number of rotatable bonds is 10. The third-order valence-corrected chi connectivity index (χ3v) is 3.07. The minimum atomic E-state index is 0.528. The maximum Gasteiger partial charge on any atom is 0.0946 e. The van der Waals surface area contributed by atoms with Crippen molar-refractivity contribution in [2.75, 3.05) is 6.54 Å². The molecular formula is C14H27N3. The Morgan fingerprint density at radius 3 is 2.65 bits per heavy atom. The molecule has 1 heterocycles. The predicted octanol–water partition coefficient (Wildman–Crippen LogP) is 3.22. The first kappa shape index (κ1) is 14.2. The maximum absolute atomic E-state index is 4.05. The summed E-state index contributed by atoms with van der Waals surface area (Å²) in [6.45, 7) is 6.65. The molecule has 0 fully saturated rings. The predicted molar refractivity (Wildman–Crippen MR) is 73.1 cm³/mol. The van der Waals surface area contributed by atoms with Crippen LogP contribution in [-0.4, -0.2) is 22.1 Å². The van der Waals surface area contributed by atoms with E-state index in [0.717, 1.165) is 13.1 Å². The zero-order valence-electron chi connectivity index (χ0n) is 11.4. The lowest BCUT2D eigenvalue weighted by molar-refractivity contribution is 0.462. The van der Waals surface area contributed by atoms with Crippen molar-refractivity contribution < 1.29 is 0 Å². The molecule has 1 aromatic rings. The van der Waals surface area contributed by atoms with E-state index in [9.17, 15) is 0 Å². The molecule has 1 rings (SSSR count). The van der Waals surface area contributed by atoms with Gasteiger partial charge in [0.1, 0.15) is 0 Å². The summed E-state index contributed by atoms with van der Waals surface area (Å²) in [5, 5.41) is 3.56. The first-order chi connectivity index (χ1) is 8.33. The van der Waals surface area contributed by atoms with Crippen LogP contribution in [0.15, 0.2) is 18.7 Å². The molecule has 0 amide bonds. The lowest BCUT2D eigenvalue weighted by Gasteiger charge is -2.14. The number of imidazole rings is 1. The van der Waals surface area contributed by atoms with Gasteiger partial charge in [-0.2, -0.15) is 0 Å². The number of nitrogens with one attached hydrogen (secondary N) is 1. The first-order valence-electron chi connectivity index (χ1n) is 7.02. The van der Waals surface area contributed by atoms with E-state index < -0.39 is 0 Å². The van der Waals surface area contributed by atoms with Crippen LogP contribution in [0, 0.1) is 0 Å². The lowest BCUT2D eigenvalue weighted by atomic mass is 10.1. The SMILES string of the molecule is CCCCCCCCNC(C)Cn1ccnc1. The second-order valence-electron chi connectivity index (χ2n) is 4.88. The van der Waals surface area contributed by atoms with E-state index in [1.807, 2.05) is 18.7 Å². The van der Waals surface area contributed by atoms with E-state index in [-0.39, 0.29) is 0 Å². The number of aromatic nitrogens is 2. The number of unbranched alkanes of at least 4 members (excludes halogenated alkanes) is 5. The third kappa shape index (κ3) is 7.16. The summed E-state index contributed by atoms with van der Waals surface area (Å²) in [6.07, 6.45) is 13.9. The van der Waals surface area contributed by atoms with Crippen molar-refractivity contribution in [2.24, 2.45) is 0 Å². The van der Waals surface area contributed by atoms with E-state index >= 15 is 0 Å². The summed E-state index contributed by atoms with van der Waals surface area (Å²) in [7, 11) is 0. The van der Waals surface area contributed by atoms with Gasteiger partial charge in [-0.1, -0.05) is 39.0 Å². The van der Waals surface area contributed by atoms with Crippen molar-refractivity contribution in [3.8, 4) is 0 Å². The third-order valence-electron chi connectivity index (χ3n) is 3.07. The molecule has 0 radical (unpaired) electrons. The van der Waals surface area contributed by atoms with Gasteiger partial charge in [0.2, 0.25) is 0 Å². The van der Waals surface area contributed by atoms with E-state index in [2.05, 4.69) is 28.7 Å². The summed E-state index contributed by atoms with van der Waals surface area (Å²) in [5.41, 5.74) is 0. The zero-order valence-corrected chi connectivity index (χ0v) is 11.4. The Balaban J connectivity index is 1.92. The summed E-state index contributed by atoms with van der Waals surface area (Å²) < 4.78 is 2.12. The number of hydrogen-bond donors (Lipinski definition) is 1. The summed E-state index contributed by atoms with van der Waals surface area (Å²) in [6, 6.07) is 0.528. The summed E-state index contributed by atoms with van der Waals surface area (Å²) in [5.74, 6) is 0. The van der Waals surface area contributed by atoms with Gasteiger partial charge in [0.05, 0.1) is 6.33 Å².